The second-order valence-electron chi connectivity index (χ2n) is 8.97. The molecule has 3 N–H and O–H groups in total. The van der Waals surface area contributed by atoms with Crippen molar-refractivity contribution in [2.75, 3.05) is 25.5 Å². The van der Waals surface area contributed by atoms with Crippen molar-refractivity contribution >= 4 is 23.2 Å². The lowest BCUT2D eigenvalue weighted by atomic mass is 9.97. The maximum absolute atomic E-state index is 14.4. The zero-order valence-corrected chi connectivity index (χ0v) is 20.6. The SMILES string of the molecule is C=CC(=O)N1CC[C@@H]1[C@H](C)Oc1cnccc1-c1[nH]c2c(c1Nc1cccc(F)c1OC)C(=O)NCC2. The molecule has 9 nitrogen and oxygen atoms in total. The Labute approximate surface area is 213 Å². The van der Waals surface area contributed by atoms with E-state index in [1.54, 1.807) is 35.5 Å². The summed E-state index contributed by atoms with van der Waals surface area (Å²) in [7, 11) is 1.39. The molecule has 1 fully saturated rings. The number of anilines is 2. The molecule has 5 rings (SSSR count). The van der Waals surface area contributed by atoms with Crippen LogP contribution in [0.4, 0.5) is 15.8 Å². The van der Waals surface area contributed by atoms with E-state index in [2.05, 4.69) is 27.2 Å². The molecule has 4 heterocycles. The molecular weight excluding hydrogens is 477 g/mol. The highest BCUT2D eigenvalue weighted by Gasteiger charge is 2.37. The first kappa shape index (κ1) is 24.4. The molecule has 0 saturated carbocycles. The number of aromatic amines is 1. The molecule has 0 aliphatic carbocycles. The summed E-state index contributed by atoms with van der Waals surface area (Å²) < 4.78 is 26.1. The molecule has 3 aromatic rings. The number of aromatic nitrogens is 2. The Kier molecular flexibility index (Phi) is 6.56. The van der Waals surface area contributed by atoms with Gasteiger partial charge in [-0.3, -0.25) is 14.6 Å². The minimum Gasteiger partial charge on any atom is -0.492 e. The Morgan fingerprint density at radius 2 is 2.22 bits per heavy atom. The Hall–Kier alpha value is -4.34. The van der Waals surface area contributed by atoms with Gasteiger partial charge < -0.3 is 30.0 Å². The molecular formula is C27H28FN5O4. The first-order chi connectivity index (χ1) is 17.9. The summed E-state index contributed by atoms with van der Waals surface area (Å²) in [4.78, 5) is 34.4. The van der Waals surface area contributed by atoms with Crippen LogP contribution >= 0.6 is 0 Å². The highest BCUT2D eigenvalue weighted by atomic mass is 19.1. The lowest BCUT2D eigenvalue weighted by molar-refractivity contribution is -0.136. The summed E-state index contributed by atoms with van der Waals surface area (Å²) in [6.45, 7) is 6.65. The minimum absolute atomic E-state index is 0.0383. The molecule has 1 saturated heterocycles. The molecule has 10 heteroatoms. The molecule has 2 atom stereocenters. The van der Waals surface area contributed by atoms with Crippen LogP contribution < -0.4 is 20.1 Å². The maximum Gasteiger partial charge on any atom is 0.255 e. The number of hydrogen-bond acceptors (Lipinski definition) is 6. The van der Waals surface area contributed by atoms with Crippen LogP contribution in [0.3, 0.4) is 0 Å². The summed E-state index contributed by atoms with van der Waals surface area (Å²) in [5.41, 5.74) is 3.33. The lowest BCUT2D eigenvalue weighted by Gasteiger charge is -2.43. The van der Waals surface area contributed by atoms with E-state index < -0.39 is 5.82 Å². The van der Waals surface area contributed by atoms with Crippen LogP contribution in [0.2, 0.25) is 0 Å². The van der Waals surface area contributed by atoms with Crippen LogP contribution in [0.25, 0.3) is 11.3 Å². The number of nitrogens with one attached hydrogen (secondary N) is 3. The third-order valence-corrected chi connectivity index (χ3v) is 6.83. The minimum atomic E-state index is -0.524. The lowest BCUT2D eigenvalue weighted by Crippen LogP contribution is -2.56. The van der Waals surface area contributed by atoms with Gasteiger partial charge in [0, 0.05) is 37.0 Å². The number of H-pyrrole nitrogens is 1. The van der Waals surface area contributed by atoms with Crippen molar-refractivity contribution in [3.05, 3.63) is 66.4 Å². The summed E-state index contributed by atoms with van der Waals surface area (Å²) in [5.74, 6) is -0.363. The monoisotopic (exact) mass is 505 g/mol. The zero-order chi connectivity index (χ0) is 26.1. The van der Waals surface area contributed by atoms with E-state index in [-0.39, 0.29) is 29.7 Å². The van der Waals surface area contributed by atoms with Crippen molar-refractivity contribution in [1.29, 1.82) is 0 Å². The van der Waals surface area contributed by atoms with E-state index in [1.165, 1.54) is 19.3 Å². The van der Waals surface area contributed by atoms with Crippen LogP contribution in [0.15, 0.2) is 49.3 Å². The van der Waals surface area contributed by atoms with Gasteiger partial charge in [0.15, 0.2) is 11.6 Å². The van der Waals surface area contributed by atoms with E-state index in [0.717, 1.165) is 12.1 Å². The number of halogens is 1. The summed E-state index contributed by atoms with van der Waals surface area (Å²) in [6, 6.07) is 6.26. The normalized spacial score (nSPS) is 17.2. The number of carbonyl (C=O) groups is 2. The molecule has 2 aliphatic heterocycles. The van der Waals surface area contributed by atoms with Crippen molar-refractivity contribution < 1.29 is 23.5 Å². The summed E-state index contributed by atoms with van der Waals surface area (Å²) >= 11 is 0. The van der Waals surface area contributed by atoms with E-state index in [9.17, 15) is 14.0 Å². The zero-order valence-electron chi connectivity index (χ0n) is 20.6. The van der Waals surface area contributed by atoms with Crippen LogP contribution in [0, 0.1) is 5.82 Å². The van der Waals surface area contributed by atoms with Crippen LogP contribution in [-0.4, -0.2) is 59.0 Å². The van der Waals surface area contributed by atoms with E-state index >= 15 is 0 Å². The van der Waals surface area contributed by atoms with Gasteiger partial charge in [0.1, 0.15) is 11.9 Å². The molecule has 192 valence electrons. The molecule has 0 radical (unpaired) electrons. The fourth-order valence-corrected chi connectivity index (χ4v) is 4.90. The van der Waals surface area contributed by atoms with Gasteiger partial charge in [-0.15, -0.1) is 0 Å². The molecule has 0 bridgehead atoms. The predicted octanol–water partition coefficient (Wildman–Crippen LogP) is 3.81. The maximum atomic E-state index is 14.4. The van der Waals surface area contributed by atoms with Gasteiger partial charge in [-0.25, -0.2) is 4.39 Å². The Balaban J connectivity index is 1.55. The topological polar surface area (TPSA) is 109 Å². The number of rotatable bonds is 8. The predicted molar refractivity (Wildman–Crippen MR) is 137 cm³/mol. The first-order valence-electron chi connectivity index (χ1n) is 12.1. The number of ether oxygens (including phenoxy) is 2. The summed E-state index contributed by atoms with van der Waals surface area (Å²) in [6.07, 6.45) is 5.66. The van der Waals surface area contributed by atoms with E-state index in [0.29, 0.717) is 53.5 Å². The molecule has 1 aromatic carbocycles. The molecule has 0 spiro atoms. The van der Waals surface area contributed by atoms with Gasteiger partial charge in [-0.2, -0.15) is 0 Å². The number of methoxy groups -OCH3 is 1. The molecule has 2 amide bonds. The van der Waals surface area contributed by atoms with Crippen LogP contribution in [0.1, 0.15) is 29.4 Å². The number of para-hydroxylation sites is 1. The smallest absolute Gasteiger partial charge is 0.255 e. The third-order valence-electron chi connectivity index (χ3n) is 6.83. The number of likely N-dealkylation sites (tertiary alicyclic amines) is 1. The largest absolute Gasteiger partial charge is 0.492 e. The fourth-order valence-electron chi connectivity index (χ4n) is 4.90. The first-order valence-corrected chi connectivity index (χ1v) is 12.1. The number of fused-ring (bicyclic) bond motifs is 1. The average molecular weight is 506 g/mol. The number of nitrogens with zero attached hydrogens (tertiary/aromatic N) is 2. The van der Waals surface area contributed by atoms with Gasteiger partial charge in [-0.1, -0.05) is 12.6 Å². The third kappa shape index (κ3) is 4.39. The van der Waals surface area contributed by atoms with E-state index in [4.69, 9.17) is 9.47 Å². The van der Waals surface area contributed by atoms with Gasteiger partial charge in [-0.05, 0) is 37.6 Å². The highest BCUT2D eigenvalue weighted by molar-refractivity contribution is 6.06. The quantitative estimate of drug-likeness (QED) is 0.402. The standard InChI is InChI=1S/C27H28FN5O4/c1-4-22(34)33-13-10-20(33)15(2)37-21-14-29-11-8-16(21)24-25(23-18(31-24)9-12-30-27(23)35)32-19-7-5-6-17(28)26(19)36-3/h4-8,11,14-15,20,31-32H,1,9-10,12-13H2,2-3H3,(H,30,35)/t15-,20+/m0/s1. The number of hydrogen-bond donors (Lipinski definition) is 3. The van der Waals surface area contributed by atoms with Crippen molar-refractivity contribution in [3.8, 4) is 22.8 Å². The average Bonchev–Trinajstić information content (AvgIpc) is 3.23. The Morgan fingerprint density at radius 3 is 2.95 bits per heavy atom. The number of pyridine rings is 1. The molecule has 37 heavy (non-hydrogen) atoms. The van der Waals surface area contributed by atoms with Gasteiger partial charge in [0.05, 0.1) is 42.0 Å². The molecule has 2 aromatic heterocycles. The molecule has 2 aliphatic rings. The van der Waals surface area contributed by atoms with Gasteiger partial charge in [0.25, 0.3) is 5.91 Å². The van der Waals surface area contributed by atoms with Gasteiger partial charge in [0.2, 0.25) is 5.91 Å². The Bertz CT molecular complexity index is 1370. The van der Waals surface area contributed by atoms with E-state index in [1.807, 2.05) is 6.92 Å². The number of amides is 2. The van der Waals surface area contributed by atoms with Crippen LogP contribution in [0.5, 0.6) is 11.5 Å². The number of benzene rings is 1. The Morgan fingerprint density at radius 1 is 1.38 bits per heavy atom. The van der Waals surface area contributed by atoms with Gasteiger partial charge >= 0.3 is 0 Å². The second kappa shape index (κ2) is 9.96. The highest BCUT2D eigenvalue weighted by Crippen LogP contribution is 2.42. The van der Waals surface area contributed by atoms with Crippen molar-refractivity contribution in [3.63, 3.8) is 0 Å². The second-order valence-corrected chi connectivity index (χ2v) is 8.97. The molecule has 0 unspecified atom stereocenters. The van der Waals surface area contributed by atoms with Crippen molar-refractivity contribution in [2.24, 2.45) is 0 Å². The van der Waals surface area contributed by atoms with Crippen LogP contribution in [-0.2, 0) is 11.2 Å². The van der Waals surface area contributed by atoms with Crippen molar-refractivity contribution in [1.82, 2.24) is 20.2 Å². The summed E-state index contributed by atoms with van der Waals surface area (Å²) in [5, 5.41) is 6.10. The van der Waals surface area contributed by atoms with Crippen molar-refractivity contribution in [2.45, 2.75) is 31.9 Å². The number of carbonyl (C=O) groups excluding carboxylic acids is 2. The fraction of sp³-hybridized carbons (Fsp3) is 0.296.